The maximum atomic E-state index is 12.7. The van der Waals surface area contributed by atoms with Gasteiger partial charge in [0.15, 0.2) is 0 Å². The molecule has 2 fully saturated rings. The van der Waals surface area contributed by atoms with Crippen LogP contribution in [-0.4, -0.2) is 40.5 Å². The molecule has 0 aromatic heterocycles. The quantitative estimate of drug-likeness (QED) is 0.419. The van der Waals surface area contributed by atoms with Gasteiger partial charge in [0.05, 0.1) is 17.6 Å². The summed E-state index contributed by atoms with van der Waals surface area (Å²) in [7, 11) is 0. The van der Waals surface area contributed by atoms with Gasteiger partial charge in [0.25, 0.3) is 5.91 Å². The van der Waals surface area contributed by atoms with Crippen LogP contribution in [0.1, 0.15) is 18.4 Å². The van der Waals surface area contributed by atoms with Crippen molar-refractivity contribution in [3.63, 3.8) is 0 Å². The highest BCUT2D eigenvalue weighted by Crippen LogP contribution is 2.33. The summed E-state index contributed by atoms with van der Waals surface area (Å²) in [4.78, 5) is 27.0. The number of amides is 2. The number of thioether (sulfide) groups is 1. The molecular weight excluding hydrogens is 500 g/mol. The minimum Gasteiger partial charge on any atom is -0.410 e. The molecule has 160 valence electrons. The summed E-state index contributed by atoms with van der Waals surface area (Å²) in [5, 5.41) is 2.66. The van der Waals surface area contributed by atoms with Gasteiger partial charge in [-0.3, -0.25) is 15.0 Å². The third kappa shape index (κ3) is 5.74. The predicted molar refractivity (Wildman–Crippen MR) is 129 cm³/mol. The minimum atomic E-state index is -0.579. The molecule has 1 atom stereocenters. The van der Waals surface area contributed by atoms with E-state index in [0.717, 1.165) is 29.5 Å². The van der Waals surface area contributed by atoms with Crippen LogP contribution in [0.5, 0.6) is 5.75 Å². The van der Waals surface area contributed by atoms with E-state index in [0.29, 0.717) is 27.2 Å². The maximum Gasteiger partial charge on any atom is 0.417 e. The lowest BCUT2D eigenvalue weighted by atomic mass is 10.2. The average Bonchev–Trinajstić information content (AvgIpc) is 3.35. The van der Waals surface area contributed by atoms with E-state index in [1.165, 1.54) is 11.8 Å². The SMILES string of the molecule is O=C(Nc1ccc(Br)cc1)Oc1ccc(/C=C2/SC(=S)N(CC3CCCO3)C2=O)cc1. The number of nitrogens with zero attached hydrogens (tertiary/aromatic N) is 1. The first-order valence-electron chi connectivity index (χ1n) is 9.69. The lowest BCUT2D eigenvalue weighted by Crippen LogP contribution is -2.35. The number of anilines is 1. The van der Waals surface area contributed by atoms with Crippen LogP contribution < -0.4 is 10.1 Å². The number of nitrogens with one attached hydrogen (secondary N) is 1. The number of ether oxygens (including phenoxy) is 2. The maximum absolute atomic E-state index is 12.7. The highest BCUT2D eigenvalue weighted by Gasteiger charge is 2.34. The lowest BCUT2D eigenvalue weighted by Gasteiger charge is -2.18. The Morgan fingerprint density at radius 1 is 1.26 bits per heavy atom. The van der Waals surface area contributed by atoms with Gasteiger partial charge in [0, 0.05) is 16.8 Å². The smallest absolute Gasteiger partial charge is 0.410 e. The zero-order valence-corrected chi connectivity index (χ0v) is 19.6. The Kier molecular flexibility index (Phi) is 7.06. The number of carbonyl (C=O) groups is 2. The first kappa shape index (κ1) is 22.0. The Labute approximate surface area is 198 Å². The average molecular weight is 519 g/mol. The van der Waals surface area contributed by atoms with Gasteiger partial charge in [0.2, 0.25) is 0 Å². The van der Waals surface area contributed by atoms with Crippen LogP contribution in [0.2, 0.25) is 0 Å². The van der Waals surface area contributed by atoms with E-state index >= 15 is 0 Å². The van der Waals surface area contributed by atoms with E-state index in [1.54, 1.807) is 47.4 Å². The highest BCUT2D eigenvalue weighted by atomic mass is 79.9. The summed E-state index contributed by atoms with van der Waals surface area (Å²) in [6.07, 6.45) is 3.24. The van der Waals surface area contributed by atoms with E-state index in [2.05, 4.69) is 21.2 Å². The summed E-state index contributed by atoms with van der Waals surface area (Å²) >= 11 is 10.0. The van der Waals surface area contributed by atoms with Crippen molar-refractivity contribution in [1.29, 1.82) is 0 Å². The summed E-state index contributed by atoms with van der Waals surface area (Å²) in [6.45, 7) is 1.24. The largest absolute Gasteiger partial charge is 0.417 e. The van der Waals surface area contributed by atoms with E-state index in [4.69, 9.17) is 21.7 Å². The first-order chi connectivity index (χ1) is 15.0. The first-order valence-corrected chi connectivity index (χ1v) is 11.7. The summed E-state index contributed by atoms with van der Waals surface area (Å²) in [6, 6.07) is 14.1. The van der Waals surface area contributed by atoms with E-state index in [9.17, 15) is 9.59 Å². The van der Waals surface area contributed by atoms with Crippen molar-refractivity contribution < 1.29 is 19.1 Å². The second-order valence-electron chi connectivity index (χ2n) is 7.02. The van der Waals surface area contributed by atoms with Crippen molar-refractivity contribution in [2.75, 3.05) is 18.5 Å². The highest BCUT2D eigenvalue weighted by molar-refractivity contribution is 9.10. The van der Waals surface area contributed by atoms with Crippen molar-refractivity contribution >= 4 is 68.0 Å². The molecule has 1 unspecified atom stereocenters. The summed E-state index contributed by atoms with van der Waals surface area (Å²) in [5.74, 6) is 0.303. The minimum absolute atomic E-state index is 0.0573. The zero-order valence-electron chi connectivity index (χ0n) is 16.4. The Morgan fingerprint density at radius 2 is 2.00 bits per heavy atom. The topological polar surface area (TPSA) is 67.9 Å². The Morgan fingerprint density at radius 3 is 2.68 bits per heavy atom. The van der Waals surface area contributed by atoms with Gasteiger partial charge in [-0.25, -0.2) is 4.79 Å². The molecule has 4 rings (SSSR count). The molecule has 2 saturated heterocycles. The molecule has 1 N–H and O–H groups in total. The number of thiocarbonyl (C=S) groups is 1. The Hall–Kier alpha value is -2.20. The molecule has 2 aliphatic rings. The normalized spacial score (nSPS) is 19.8. The van der Waals surface area contributed by atoms with Gasteiger partial charge in [-0.15, -0.1) is 0 Å². The molecule has 31 heavy (non-hydrogen) atoms. The van der Waals surface area contributed by atoms with Gasteiger partial charge < -0.3 is 9.47 Å². The number of hydrogen-bond donors (Lipinski definition) is 1. The van der Waals surface area contributed by atoms with Crippen molar-refractivity contribution in [3.05, 3.63) is 63.5 Å². The van der Waals surface area contributed by atoms with Gasteiger partial charge in [-0.1, -0.05) is 52.0 Å². The van der Waals surface area contributed by atoms with Crippen LogP contribution >= 0.6 is 39.9 Å². The molecule has 0 aliphatic carbocycles. The molecule has 0 radical (unpaired) electrons. The predicted octanol–water partition coefficient (Wildman–Crippen LogP) is 5.44. The fraction of sp³-hybridized carbons (Fsp3) is 0.227. The van der Waals surface area contributed by atoms with Crippen LogP contribution in [0.25, 0.3) is 6.08 Å². The lowest BCUT2D eigenvalue weighted by molar-refractivity contribution is -0.123. The van der Waals surface area contributed by atoms with Crippen LogP contribution in [0.4, 0.5) is 10.5 Å². The standard InChI is InChI=1S/C22H19BrN2O4S2/c23-15-5-7-16(8-6-15)24-21(27)29-17-9-3-14(4-10-17)12-19-20(26)25(22(30)31-19)13-18-2-1-11-28-18/h3-10,12,18H,1-2,11,13H2,(H,24,27)/b19-12+. The molecule has 0 saturated carbocycles. The number of halogens is 1. The fourth-order valence-corrected chi connectivity index (χ4v) is 4.76. The van der Waals surface area contributed by atoms with Crippen LogP contribution in [-0.2, 0) is 9.53 Å². The van der Waals surface area contributed by atoms with E-state index in [-0.39, 0.29) is 12.0 Å². The monoisotopic (exact) mass is 518 g/mol. The molecule has 2 aliphatic heterocycles. The van der Waals surface area contributed by atoms with Crippen molar-refractivity contribution in [3.8, 4) is 5.75 Å². The second-order valence-corrected chi connectivity index (χ2v) is 9.61. The van der Waals surface area contributed by atoms with E-state index in [1.807, 2.05) is 12.1 Å². The van der Waals surface area contributed by atoms with Gasteiger partial charge in [0.1, 0.15) is 10.1 Å². The second kappa shape index (κ2) is 9.95. The molecule has 2 amide bonds. The van der Waals surface area contributed by atoms with Gasteiger partial charge in [-0.05, 0) is 60.9 Å². The molecule has 0 bridgehead atoms. The molecule has 2 aromatic carbocycles. The molecule has 2 aromatic rings. The Bertz CT molecular complexity index is 1020. The molecule has 0 spiro atoms. The van der Waals surface area contributed by atoms with Crippen LogP contribution in [0.3, 0.4) is 0 Å². The molecule has 6 nitrogen and oxygen atoms in total. The molecule has 9 heteroatoms. The third-order valence-electron chi connectivity index (χ3n) is 4.76. The van der Waals surface area contributed by atoms with Crippen LogP contribution in [0.15, 0.2) is 57.9 Å². The number of benzene rings is 2. The van der Waals surface area contributed by atoms with Crippen LogP contribution in [0, 0.1) is 0 Å². The number of carbonyl (C=O) groups excluding carboxylic acids is 2. The zero-order chi connectivity index (χ0) is 21.8. The fourth-order valence-electron chi connectivity index (χ4n) is 3.22. The Balaban J connectivity index is 1.35. The van der Waals surface area contributed by atoms with E-state index < -0.39 is 6.09 Å². The van der Waals surface area contributed by atoms with Gasteiger partial charge >= 0.3 is 6.09 Å². The van der Waals surface area contributed by atoms with Crippen molar-refractivity contribution in [1.82, 2.24) is 4.90 Å². The molecular formula is C22H19BrN2O4S2. The summed E-state index contributed by atoms with van der Waals surface area (Å²) < 4.78 is 12.4. The third-order valence-corrected chi connectivity index (χ3v) is 6.67. The van der Waals surface area contributed by atoms with Gasteiger partial charge in [-0.2, -0.15) is 0 Å². The number of hydrogen-bond acceptors (Lipinski definition) is 6. The summed E-state index contributed by atoms with van der Waals surface area (Å²) in [5.41, 5.74) is 1.45. The number of rotatable bonds is 5. The van der Waals surface area contributed by atoms with Crippen molar-refractivity contribution in [2.24, 2.45) is 0 Å². The molecule has 2 heterocycles. The van der Waals surface area contributed by atoms with Crippen molar-refractivity contribution in [2.45, 2.75) is 18.9 Å².